The molecule has 11 heteroatoms. The molecule has 0 radical (unpaired) electrons. The summed E-state index contributed by atoms with van der Waals surface area (Å²) in [6, 6.07) is 1.76. The molecule has 1 atom stereocenters. The standard InChI is InChI=1S/C21H33N3O8/c1-13-9-18(14(2)15(3)20(13)32-16(4)25)30-12-17(26)11-23-21(5,6)10-19(27)22-7-8-31-24(28)29/h9,17,23,26H,7-8,10-12H2,1-6H3,(H,22,27). The highest BCUT2D eigenvalue weighted by molar-refractivity contribution is 5.77. The highest BCUT2D eigenvalue weighted by Crippen LogP contribution is 2.33. The quantitative estimate of drug-likeness (QED) is 0.132. The van der Waals surface area contributed by atoms with E-state index in [9.17, 15) is 24.8 Å². The Morgan fingerprint density at radius 3 is 2.50 bits per heavy atom. The molecule has 0 aromatic heterocycles. The normalized spacial score (nSPS) is 12.1. The second kappa shape index (κ2) is 12.2. The second-order valence-electron chi connectivity index (χ2n) is 8.18. The van der Waals surface area contributed by atoms with Gasteiger partial charge in [-0.25, -0.2) is 0 Å². The summed E-state index contributed by atoms with van der Waals surface area (Å²) < 4.78 is 11.0. The number of carbonyl (C=O) groups excluding carboxylic acids is 2. The molecular formula is C21H33N3O8. The number of amides is 1. The van der Waals surface area contributed by atoms with E-state index in [2.05, 4.69) is 15.5 Å². The van der Waals surface area contributed by atoms with Crippen molar-refractivity contribution >= 4 is 11.9 Å². The van der Waals surface area contributed by atoms with Crippen molar-refractivity contribution in [2.45, 2.75) is 59.6 Å². The van der Waals surface area contributed by atoms with Crippen LogP contribution in [0.5, 0.6) is 11.5 Å². The molecule has 180 valence electrons. The van der Waals surface area contributed by atoms with Crippen molar-refractivity contribution in [3.8, 4) is 11.5 Å². The predicted octanol–water partition coefficient (Wildman–Crippen LogP) is 1.36. The molecule has 0 spiro atoms. The van der Waals surface area contributed by atoms with Crippen molar-refractivity contribution in [1.82, 2.24) is 10.6 Å². The highest BCUT2D eigenvalue weighted by atomic mass is 16.9. The molecule has 1 rings (SSSR count). The summed E-state index contributed by atoms with van der Waals surface area (Å²) in [6.07, 6.45) is -0.729. The van der Waals surface area contributed by atoms with Crippen molar-refractivity contribution in [3.63, 3.8) is 0 Å². The van der Waals surface area contributed by atoms with E-state index in [4.69, 9.17) is 9.47 Å². The third kappa shape index (κ3) is 9.48. The number of hydrogen-bond donors (Lipinski definition) is 3. The van der Waals surface area contributed by atoms with E-state index < -0.39 is 22.7 Å². The Morgan fingerprint density at radius 1 is 1.25 bits per heavy atom. The molecule has 0 aliphatic heterocycles. The maximum Gasteiger partial charge on any atom is 0.308 e. The average Bonchev–Trinajstić information content (AvgIpc) is 2.68. The molecular weight excluding hydrogens is 422 g/mol. The van der Waals surface area contributed by atoms with Gasteiger partial charge in [-0.05, 0) is 57.4 Å². The average molecular weight is 456 g/mol. The van der Waals surface area contributed by atoms with Gasteiger partial charge < -0.3 is 30.1 Å². The summed E-state index contributed by atoms with van der Waals surface area (Å²) >= 11 is 0. The minimum atomic E-state index is -0.917. The minimum Gasteiger partial charge on any atom is -0.491 e. The molecule has 0 fully saturated rings. The van der Waals surface area contributed by atoms with E-state index in [0.717, 1.165) is 16.7 Å². The topological polar surface area (TPSA) is 149 Å². The fourth-order valence-corrected chi connectivity index (χ4v) is 2.95. The first-order valence-corrected chi connectivity index (χ1v) is 10.2. The fourth-order valence-electron chi connectivity index (χ4n) is 2.95. The van der Waals surface area contributed by atoms with Gasteiger partial charge in [0.25, 0.3) is 5.09 Å². The molecule has 11 nitrogen and oxygen atoms in total. The van der Waals surface area contributed by atoms with Crippen LogP contribution in [0.3, 0.4) is 0 Å². The Kier molecular flexibility index (Phi) is 10.3. The van der Waals surface area contributed by atoms with E-state index in [1.807, 2.05) is 20.8 Å². The molecule has 0 heterocycles. The lowest BCUT2D eigenvalue weighted by molar-refractivity contribution is -0.757. The molecule has 3 N–H and O–H groups in total. The Morgan fingerprint density at radius 2 is 1.91 bits per heavy atom. The Bertz CT molecular complexity index is 826. The van der Waals surface area contributed by atoms with Crippen LogP contribution in [0.15, 0.2) is 6.07 Å². The zero-order valence-corrected chi connectivity index (χ0v) is 19.4. The summed E-state index contributed by atoms with van der Waals surface area (Å²) in [5.41, 5.74) is 1.73. The number of ether oxygens (including phenoxy) is 2. The van der Waals surface area contributed by atoms with Gasteiger partial charge in [0.05, 0.1) is 0 Å². The van der Waals surface area contributed by atoms with Crippen LogP contribution in [-0.2, 0) is 14.4 Å². The maximum absolute atomic E-state index is 12.0. The summed E-state index contributed by atoms with van der Waals surface area (Å²) in [4.78, 5) is 37.5. The van der Waals surface area contributed by atoms with Gasteiger partial charge in [0.15, 0.2) is 0 Å². The molecule has 1 amide bonds. The van der Waals surface area contributed by atoms with Gasteiger partial charge in [0, 0.05) is 32.0 Å². The van der Waals surface area contributed by atoms with Gasteiger partial charge in [-0.3, -0.25) is 9.59 Å². The lowest BCUT2D eigenvalue weighted by atomic mass is 10.00. The van der Waals surface area contributed by atoms with Gasteiger partial charge in [0.1, 0.15) is 30.8 Å². The lowest BCUT2D eigenvalue weighted by Gasteiger charge is -2.27. The van der Waals surface area contributed by atoms with Crippen molar-refractivity contribution < 1.29 is 34.1 Å². The van der Waals surface area contributed by atoms with Crippen LogP contribution in [0.25, 0.3) is 0 Å². The highest BCUT2D eigenvalue weighted by Gasteiger charge is 2.23. The van der Waals surface area contributed by atoms with Gasteiger partial charge in [-0.1, -0.05) is 0 Å². The summed E-state index contributed by atoms with van der Waals surface area (Å²) in [6.45, 7) is 10.5. The number of hydrogen-bond acceptors (Lipinski definition) is 9. The molecule has 1 aromatic carbocycles. The Balaban J connectivity index is 2.52. The third-order valence-electron chi connectivity index (χ3n) is 4.70. The monoisotopic (exact) mass is 455 g/mol. The molecule has 0 aliphatic rings. The fraction of sp³-hybridized carbons (Fsp3) is 0.619. The van der Waals surface area contributed by atoms with E-state index in [0.29, 0.717) is 11.5 Å². The number of aliphatic hydroxyl groups excluding tert-OH is 1. The van der Waals surface area contributed by atoms with Crippen LogP contribution in [0.2, 0.25) is 0 Å². The number of aryl methyl sites for hydroxylation is 1. The van der Waals surface area contributed by atoms with Crippen LogP contribution in [0.1, 0.15) is 43.9 Å². The smallest absolute Gasteiger partial charge is 0.308 e. The van der Waals surface area contributed by atoms with Crippen LogP contribution < -0.4 is 20.1 Å². The number of carbonyl (C=O) groups is 2. The molecule has 0 saturated carbocycles. The second-order valence-corrected chi connectivity index (χ2v) is 8.18. The minimum absolute atomic E-state index is 0.0279. The number of esters is 1. The van der Waals surface area contributed by atoms with Gasteiger partial charge in [0.2, 0.25) is 5.91 Å². The van der Waals surface area contributed by atoms with Crippen LogP contribution in [0.4, 0.5) is 0 Å². The number of benzene rings is 1. The number of nitrogens with zero attached hydrogens (tertiary/aromatic N) is 1. The summed E-state index contributed by atoms with van der Waals surface area (Å²) in [7, 11) is 0. The lowest BCUT2D eigenvalue weighted by Crippen LogP contribution is -2.47. The third-order valence-corrected chi connectivity index (χ3v) is 4.70. The van der Waals surface area contributed by atoms with E-state index in [1.54, 1.807) is 19.9 Å². The zero-order valence-electron chi connectivity index (χ0n) is 19.4. The van der Waals surface area contributed by atoms with Crippen LogP contribution >= 0.6 is 0 Å². The molecule has 0 bridgehead atoms. The van der Waals surface area contributed by atoms with Crippen molar-refractivity contribution in [2.75, 3.05) is 26.3 Å². The predicted molar refractivity (Wildman–Crippen MR) is 116 cm³/mol. The number of aliphatic hydroxyl groups is 1. The first-order chi connectivity index (χ1) is 14.8. The van der Waals surface area contributed by atoms with E-state index >= 15 is 0 Å². The first-order valence-electron chi connectivity index (χ1n) is 10.2. The van der Waals surface area contributed by atoms with E-state index in [1.165, 1.54) is 6.92 Å². The molecule has 1 unspecified atom stereocenters. The number of β-amino-alcohol motifs (C(OH)–C–C–N with tert-alkyl or cyclic N) is 1. The van der Waals surface area contributed by atoms with Crippen LogP contribution in [0, 0.1) is 30.9 Å². The van der Waals surface area contributed by atoms with Gasteiger partial charge >= 0.3 is 5.97 Å². The Hall–Kier alpha value is -2.92. The van der Waals surface area contributed by atoms with Crippen molar-refractivity contribution in [1.29, 1.82) is 0 Å². The molecule has 0 saturated heterocycles. The van der Waals surface area contributed by atoms with Crippen LogP contribution in [-0.4, -0.2) is 60.0 Å². The zero-order chi connectivity index (χ0) is 24.5. The summed E-state index contributed by atoms with van der Waals surface area (Å²) in [5, 5.41) is 25.1. The van der Waals surface area contributed by atoms with Crippen molar-refractivity contribution in [2.24, 2.45) is 0 Å². The van der Waals surface area contributed by atoms with Gasteiger partial charge in [-0.2, -0.15) is 0 Å². The SMILES string of the molecule is CC(=O)Oc1c(C)cc(OCC(O)CNC(C)(C)CC(=O)NCCO[N+](=O)[O-])c(C)c1C. The molecule has 0 aliphatic carbocycles. The Labute approximate surface area is 187 Å². The van der Waals surface area contributed by atoms with Gasteiger partial charge in [-0.15, -0.1) is 10.1 Å². The number of rotatable bonds is 13. The first kappa shape index (κ1) is 27.1. The van der Waals surface area contributed by atoms with E-state index in [-0.39, 0.29) is 38.6 Å². The molecule has 32 heavy (non-hydrogen) atoms. The largest absolute Gasteiger partial charge is 0.491 e. The number of nitrogens with one attached hydrogen (secondary N) is 2. The molecule has 1 aromatic rings. The summed E-state index contributed by atoms with van der Waals surface area (Å²) in [5.74, 6) is 0.404. The maximum atomic E-state index is 12.0. The van der Waals surface area contributed by atoms with Crippen molar-refractivity contribution in [3.05, 3.63) is 32.9 Å².